The molecule has 0 fully saturated rings. The Morgan fingerprint density at radius 1 is 1.00 bits per heavy atom. The molecular weight excluding hydrogens is 326 g/mol. The molecule has 0 unspecified atom stereocenters. The molecule has 0 aliphatic carbocycles. The number of hydrazone groups is 1. The summed E-state index contributed by atoms with van der Waals surface area (Å²) >= 11 is 0. The third-order valence-electron chi connectivity index (χ3n) is 4.11. The predicted molar refractivity (Wildman–Crippen MR) is 103 cm³/mol. The number of methoxy groups -OCH3 is 1. The van der Waals surface area contributed by atoms with E-state index < -0.39 is 0 Å². The molecule has 0 aliphatic heterocycles. The lowest BCUT2D eigenvalue weighted by molar-refractivity contribution is 0.0955. The Labute approximate surface area is 152 Å². The lowest BCUT2D eigenvalue weighted by atomic mass is 10.1. The molecule has 3 aromatic rings. The van der Waals surface area contributed by atoms with Gasteiger partial charge in [-0.15, -0.1) is 0 Å². The molecule has 132 valence electrons. The van der Waals surface area contributed by atoms with Crippen molar-refractivity contribution in [2.45, 2.75) is 13.8 Å². The molecule has 5 heteroatoms. The maximum atomic E-state index is 12.1. The van der Waals surface area contributed by atoms with Crippen LogP contribution in [0.5, 0.6) is 5.75 Å². The number of carbonyl (C=O) groups excluding carboxylic acids is 1. The van der Waals surface area contributed by atoms with Crippen LogP contribution in [0.4, 0.5) is 0 Å². The zero-order chi connectivity index (χ0) is 18.5. The van der Waals surface area contributed by atoms with E-state index in [1.807, 2.05) is 62.4 Å². The number of hydrogen-bond acceptors (Lipinski definition) is 3. The summed E-state index contributed by atoms with van der Waals surface area (Å²) in [4.78, 5) is 12.1. The summed E-state index contributed by atoms with van der Waals surface area (Å²) < 4.78 is 7.26. The fourth-order valence-electron chi connectivity index (χ4n) is 2.67. The van der Waals surface area contributed by atoms with Crippen LogP contribution >= 0.6 is 0 Å². The first kappa shape index (κ1) is 17.5. The van der Waals surface area contributed by atoms with E-state index in [9.17, 15) is 4.79 Å². The summed E-state index contributed by atoms with van der Waals surface area (Å²) in [7, 11) is 1.64. The monoisotopic (exact) mass is 347 g/mol. The minimum atomic E-state index is -0.236. The molecular formula is C21H21N3O2. The van der Waals surface area contributed by atoms with Gasteiger partial charge in [0.05, 0.1) is 19.0 Å². The van der Waals surface area contributed by atoms with E-state index in [0.717, 1.165) is 28.4 Å². The van der Waals surface area contributed by atoms with Crippen molar-refractivity contribution in [1.82, 2.24) is 9.99 Å². The normalized spacial score (nSPS) is 10.9. The van der Waals surface area contributed by atoms with Gasteiger partial charge in [0, 0.05) is 16.9 Å². The number of nitrogens with one attached hydrogen (secondary N) is 1. The Balaban J connectivity index is 1.76. The minimum Gasteiger partial charge on any atom is -0.497 e. The highest BCUT2D eigenvalue weighted by Crippen LogP contribution is 2.19. The van der Waals surface area contributed by atoms with Gasteiger partial charge in [-0.25, -0.2) is 5.43 Å². The highest BCUT2D eigenvalue weighted by atomic mass is 16.5. The summed E-state index contributed by atoms with van der Waals surface area (Å²) in [5.74, 6) is 0.569. The quantitative estimate of drug-likeness (QED) is 0.563. The standard InChI is InChI=1S/C21H21N3O2/c1-15-4-7-17(8-5-15)21(25)23-22-14-19-9-6-16(2)24(19)18-10-12-20(26-3)13-11-18/h4-14H,1-3H3,(H,23,25)/b22-14+. The molecule has 0 radical (unpaired) electrons. The summed E-state index contributed by atoms with van der Waals surface area (Å²) in [5.41, 5.74) is 7.20. The average molecular weight is 347 g/mol. The van der Waals surface area contributed by atoms with Crippen molar-refractivity contribution in [3.05, 3.63) is 83.2 Å². The van der Waals surface area contributed by atoms with Gasteiger partial charge in [0.2, 0.25) is 0 Å². The molecule has 1 amide bonds. The topological polar surface area (TPSA) is 55.6 Å². The maximum absolute atomic E-state index is 12.1. The summed E-state index contributed by atoms with van der Waals surface area (Å²) in [6.45, 7) is 4.00. The van der Waals surface area contributed by atoms with Crippen molar-refractivity contribution in [3.8, 4) is 11.4 Å². The van der Waals surface area contributed by atoms with Crippen LogP contribution in [0.15, 0.2) is 65.8 Å². The molecule has 0 bridgehead atoms. The number of nitrogens with zero attached hydrogens (tertiary/aromatic N) is 2. The second kappa shape index (κ2) is 7.70. The van der Waals surface area contributed by atoms with Crippen LogP contribution in [0.25, 0.3) is 5.69 Å². The van der Waals surface area contributed by atoms with Crippen LogP contribution in [0.3, 0.4) is 0 Å². The Morgan fingerprint density at radius 2 is 1.69 bits per heavy atom. The minimum absolute atomic E-state index is 0.236. The highest BCUT2D eigenvalue weighted by Gasteiger charge is 2.07. The Morgan fingerprint density at radius 3 is 2.35 bits per heavy atom. The molecule has 3 rings (SSSR count). The third kappa shape index (κ3) is 3.83. The smallest absolute Gasteiger partial charge is 0.271 e. The van der Waals surface area contributed by atoms with Crippen LogP contribution in [0.1, 0.15) is 27.3 Å². The predicted octanol–water partition coefficient (Wildman–Crippen LogP) is 3.87. The largest absolute Gasteiger partial charge is 0.497 e. The fraction of sp³-hybridized carbons (Fsp3) is 0.143. The molecule has 0 saturated carbocycles. The molecule has 0 saturated heterocycles. The average Bonchev–Trinajstić information content (AvgIpc) is 3.03. The van der Waals surface area contributed by atoms with Gasteiger partial charge in [-0.1, -0.05) is 17.7 Å². The fourth-order valence-corrected chi connectivity index (χ4v) is 2.67. The molecule has 2 aromatic carbocycles. The summed E-state index contributed by atoms with van der Waals surface area (Å²) in [6.07, 6.45) is 1.64. The van der Waals surface area contributed by atoms with Gasteiger partial charge >= 0.3 is 0 Å². The second-order valence-electron chi connectivity index (χ2n) is 6.00. The van der Waals surface area contributed by atoms with Crippen molar-refractivity contribution in [1.29, 1.82) is 0 Å². The van der Waals surface area contributed by atoms with Gasteiger partial charge in [0.25, 0.3) is 5.91 Å². The van der Waals surface area contributed by atoms with Crippen molar-refractivity contribution < 1.29 is 9.53 Å². The molecule has 1 N–H and O–H groups in total. The number of aromatic nitrogens is 1. The van der Waals surface area contributed by atoms with Gasteiger partial charge in [0.1, 0.15) is 5.75 Å². The van der Waals surface area contributed by atoms with Crippen molar-refractivity contribution in [2.24, 2.45) is 5.10 Å². The van der Waals surface area contributed by atoms with E-state index in [1.165, 1.54) is 0 Å². The van der Waals surface area contributed by atoms with Gasteiger partial charge in [-0.3, -0.25) is 4.79 Å². The van der Waals surface area contributed by atoms with Crippen LogP contribution in [-0.4, -0.2) is 23.8 Å². The molecule has 5 nitrogen and oxygen atoms in total. The van der Waals surface area contributed by atoms with Crippen LogP contribution in [0, 0.1) is 13.8 Å². The lowest BCUT2D eigenvalue weighted by Gasteiger charge is -2.10. The van der Waals surface area contributed by atoms with E-state index in [0.29, 0.717) is 5.56 Å². The van der Waals surface area contributed by atoms with Gasteiger partial charge in [-0.05, 0) is 62.4 Å². The third-order valence-corrected chi connectivity index (χ3v) is 4.11. The Bertz CT molecular complexity index is 923. The maximum Gasteiger partial charge on any atom is 0.271 e. The number of hydrogen-bond donors (Lipinski definition) is 1. The zero-order valence-electron chi connectivity index (χ0n) is 15.1. The first-order valence-corrected chi connectivity index (χ1v) is 8.31. The number of amides is 1. The lowest BCUT2D eigenvalue weighted by Crippen LogP contribution is -2.17. The number of aryl methyl sites for hydroxylation is 2. The van der Waals surface area contributed by atoms with E-state index in [4.69, 9.17) is 4.74 Å². The molecule has 1 heterocycles. The number of rotatable bonds is 5. The first-order valence-electron chi connectivity index (χ1n) is 8.31. The van der Waals surface area contributed by atoms with Crippen molar-refractivity contribution in [3.63, 3.8) is 0 Å². The van der Waals surface area contributed by atoms with E-state index in [-0.39, 0.29) is 5.91 Å². The van der Waals surface area contributed by atoms with Gasteiger partial charge in [0.15, 0.2) is 0 Å². The van der Waals surface area contributed by atoms with Crippen LogP contribution < -0.4 is 10.2 Å². The van der Waals surface area contributed by atoms with Crippen LogP contribution in [-0.2, 0) is 0 Å². The van der Waals surface area contributed by atoms with Crippen LogP contribution in [0.2, 0.25) is 0 Å². The zero-order valence-corrected chi connectivity index (χ0v) is 15.1. The van der Waals surface area contributed by atoms with Gasteiger partial charge in [-0.2, -0.15) is 5.10 Å². The summed E-state index contributed by atoms with van der Waals surface area (Å²) in [6, 6.07) is 19.1. The first-order chi connectivity index (χ1) is 12.6. The second-order valence-corrected chi connectivity index (χ2v) is 6.00. The van der Waals surface area contributed by atoms with E-state index in [1.54, 1.807) is 25.5 Å². The van der Waals surface area contributed by atoms with E-state index >= 15 is 0 Å². The highest BCUT2D eigenvalue weighted by molar-refractivity contribution is 5.94. The Kier molecular flexibility index (Phi) is 5.17. The van der Waals surface area contributed by atoms with Crippen molar-refractivity contribution >= 4 is 12.1 Å². The molecule has 1 aromatic heterocycles. The summed E-state index contributed by atoms with van der Waals surface area (Å²) in [5, 5.41) is 4.10. The van der Waals surface area contributed by atoms with Crippen molar-refractivity contribution in [2.75, 3.05) is 7.11 Å². The Hall–Kier alpha value is -3.34. The van der Waals surface area contributed by atoms with Gasteiger partial charge < -0.3 is 9.30 Å². The number of ether oxygens (including phenoxy) is 1. The molecule has 0 aliphatic rings. The number of carbonyl (C=O) groups is 1. The number of benzene rings is 2. The molecule has 26 heavy (non-hydrogen) atoms. The SMILES string of the molecule is COc1ccc(-n2c(C)ccc2/C=N/NC(=O)c2ccc(C)cc2)cc1. The molecule has 0 atom stereocenters. The molecule has 0 spiro atoms. The van der Waals surface area contributed by atoms with E-state index in [2.05, 4.69) is 15.1 Å².